The number of nitrogens with two attached hydrogens (primary N) is 6. The number of aliphatic carboxylic acids is 4. The number of aliphatic hydroxyl groups excluding tert-OH is 5. The Morgan fingerprint density at radius 1 is 0.303 bits per heavy atom. The first-order chi connectivity index (χ1) is 55.3. The van der Waals surface area contributed by atoms with Crippen LogP contribution in [0.25, 0.3) is 0 Å². The molecule has 0 aliphatic carbocycles. The van der Waals surface area contributed by atoms with Crippen LogP contribution in [0.4, 0.5) is 0 Å². The Balaban J connectivity index is 6.78. The molecule has 670 valence electrons. The molecule has 36 N–H and O–H groups in total. The van der Waals surface area contributed by atoms with Crippen molar-refractivity contribution in [1.29, 1.82) is 0 Å². The van der Waals surface area contributed by atoms with E-state index in [0.717, 1.165) is 34.6 Å². The molecule has 0 saturated heterocycles. The Morgan fingerprint density at radius 2 is 0.580 bits per heavy atom. The lowest BCUT2D eigenvalue weighted by atomic mass is 10.0. The highest BCUT2D eigenvalue weighted by atomic mass is 16.4. The van der Waals surface area contributed by atoms with E-state index in [9.17, 15) is 151 Å². The molecule has 0 spiro atoms. The van der Waals surface area contributed by atoms with Crippen LogP contribution >= 0.6 is 0 Å². The van der Waals surface area contributed by atoms with Gasteiger partial charge in [-0.1, -0.05) is 13.8 Å². The third-order valence-electron chi connectivity index (χ3n) is 16.7. The maximum Gasteiger partial charge on any atom is 0.325 e. The van der Waals surface area contributed by atoms with E-state index in [4.69, 9.17) is 34.4 Å². The number of carboxylic acid groups (broad SMARTS) is 4. The van der Waals surface area contributed by atoms with Crippen LogP contribution in [0.15, 0.2) is 4.99 Å². The van der Waals surface area contributed by atoms with Crippen molar-refractivity contribution in [1.82, 2.24) is 79.8 Å². The summed E-state index contributed by atoms with van der Waals surface area (Å²) < 4.78 is 0. The third-order valence-corrected chi connectivity index (χ3v) is 16.7. The van der Waals surface area contributed by atoms with Crippen molar-refractivity contribution in [2.45, 2.75) is 241 Å². The summed E-state index contributed by atoms with van der Waals surface area (Å²) in [6.45, 7) is 4.04. The predicted molar refractivity (Wildman–Crippen MR) is 402 cm³/mol. The normalized spacial score (nSPS) is 15.5. The molecule has 53 heteroatoms. The Labute approximate surface area is 677 Å². The lowest BCUT2D eigenvalue weighted by Crippen LogP contribution is -2.63. The number of rotatable bonds is 58. The first-order valence-electron chi connectivity index (χ1n) is 36.6. The van der Waals surface area contributed by atoms with E-state index < -0.39 is 329 Å². The molecular formula is C66H110N22O31. The van der Waals surface area contributed by atoms with Crippen LogP contribution in [-0.2, 0) is 105 Å². The highest BCUT2D eigenvalue weighted by Crippen LogP contribution is 2.12. The number of aliphatic imine (C=N–C) groups is 1. The molecule has 18 amide bonds. The lowest BCUT2D eigenvalue weighted by molar-refractivity contribution is -0.142. The second-order valence-corrected chi connectivity index (χ2v) is 27.5. The van der Waals surface area contributed by atoms with Crippen LogP contribution in [0.5, 0.6) is 0 Å². The summed E-state index contributed by atoms with van der Waals surface area (Å²) >= 11 is 0. The van der Waals surface area contributed by atoms with Crippen LogP contribution in [0.1, 0.15) is 132 Å². The molecular weight excluding hydrogens is 1600 g/mol. The Morgan fingerprint density at radius 3 is 0.933 bits per heavy atom. The van der Waals surface area contributed by atoms with Gasteiger partial charge in [-0.3, -0.25) is 110 Å². The van der Waals surface area contributed by atoms with Crippen molar-refractivity contribution in [3.05, 3.63) is 0 Å². The van der Waals surface area contributed by atoms with Crippen LogP contribution < -0.4 is 114 Å². The molecule has 0 unspecified atom stereocenters. The zero-order valence-electron chi connectivity index (χ0n) is 65.9. The highest BCUT2D eigenvalue weighted by molar-refractivity contribution is 6.02. The number of primary amides is 3. The fraction of sp³-hybridized carbons (Fsp3) is 0.652. The van der Waals surface area contributed by atoms with Crippen LogP contribution in [0, 0.1) is 5.92 Å². The van der Waals surface area contributed by atoms with E-state index in [1.165, 1.54) is 0 Å². The van der Waals surface area contributed by atoms with Gasteiger partial charge in [0.2, 0.25) is 106 Å². The fourth-order valence-electron chi connectivity index (χ4n) is 10.1. The number of nitrogens with zero attached hydrogens (tertiary/aromatic N) is 1. The monoisotopic (exact) mass is 1710 g/mol. The standard InChI is InChI=1S/C66H110N22O31/c1-25(2)19-36(81-62(115)40(23-90)85-55(108)32(9-8-18-73-66(71)72)78-59(112)38(21-44(70)96)83-61(114)39(22-89)84-50(103)26(3)74-53(106)33(11-15-45(97)98)77-52(105)31(67)10-14-42(68)94)58(111)82-37(20-43(69)95)57(110)75-27(4)51(104)87-48(29(6)92)63(116)80-35(13-17-47(101)102)56(109)88-49(30(7)93)64(117)86-41(24-91)60(113)79-34(12-16-46(99)100)54(107)76-28(5)65(118)119/h25-41,48-49,89-93H,8-24,67H2,1-7H3,(H2,68,94)(H2,69,95)(H2,70,96)(H,74,106)(H,75,110)(H,76,107)(H,77,105)(H,78,112)(H,79,113)(H,80,116)(H,81,115)(H,82,111)(H,83,114)(H,84,103)(H,85,108)(H,86,117)(H,87,104)(H,88,109)(H,97,98)(H,99,100)(H,101,102)(H,118,119)(H4,71,72,73)/t26-,27-,28-,29+,30+,31-,32-,33-,34-,35-,36-,37-,38-,39-,40-,41-,48-,49-/m0/s1. The zero-order chi connectivity index (χ0) is 91.6. The lowest BCUT2D eigenvalue weighted by Gasteiger charge is -2.29. The van der Waals surface area contributed by atoms with Gasteiger partial charge in [-0.25, -0.2) is 0 Å². The number of guanidine groups is 1. The largest absolute Gasteiger partial charge is 0.481 e. The summed E-state index contributed by atoms with van der Waals surface area (Å²) in [6.07, 6.45) is -11.8. The second kappa shape index (κ2) is 53.6. The van der Waals surface area contributed by atoms with Crippen LogP contribution in [-0.4, -0.2) is 317 Å². The molecule has 53 nitrogen and oxygen atoms in total. The SMILES string of the molecule is CC(C)C[C@H](NC(=O)[C@H](CO)NC(=O)[C@H](CCCN=C(N)N)NC(=O)[C@H](CC(N)=O)NC(=O)[C@H](CO)NC(=O)[C@H](C)NC(=O)[C@H](CCC(=O)O)NC(=O)[C@@H](N)CCC(N)=O)C(=O)N[C@@H](CC(N)=O)C(=O)N[C@@H](C)C(=O)N[C@H](C(=O)N[C@@H](CCC(=O)O)C(=O)N[C@H](C(=O)N[C@@H](CO)C(=O)N[C@@H](CCC(=O)O)C(=O)N[C@@H](C)C(=O)O)[C@@H](C)O)[C@@H](C)O. The first kappa shape index (κ1) is 106. The number of carbonyl (C=O) groups excluding carboxylic acids is 18. The highest BCUT2D eigenvalue weighted by Gasteiger charge is 2.40. The van der Waals surface area contributed by atoms with E-state index in [1.807, 2.05) is 16.0 Å². The topological polar surface area (TPSA) is 907 Å². The number of carboxylic acids is 4. The maximum absolute atomic E-state index is 14.1. The summed E-state index contributed by atoms with van der Waals surface area (Å²) in [5.74, 6) is -29.8. The van der Waals surface area contributed by atoms with E-state index >= 15 is 0 Å². The number of amides is 18. The number of nitrogens with one attached hydrogen (secondary N) is 15. The summed E-state index contributed by atoms with van der Waals surface area (Å²) in [7, 11) is 0. The quantitative estimate of drug-likeness (QED) is 0.0153. The molecule has 0 aliphatic rings. The van der Waals surface area contributed by atoms with Crippen molar-refractivity contribution >= 4 is 136 Å². The molecule has 18 atom stereocenters. The van der Waals surface area contributed by atoms with Gasteiger partial charge in [0.1, 0.15) is 90.6 Å². The van der Waals surface area contributed by atoms with Gasteiger partial charge in [-0.05, 0) is 85.5 Å². The summed E-state index contributed by atoms with van der Waals surface area (Å²) in [5, 5.41) is 121. The van der Waals surface area contributed by atoms with Gasteiger partial charge in [0.05, 0.1) is 50.9 Å². The number of carbonyl (C=O) groups is 22. The zero-order valence-corrected chi connectivity index (χ0v) is 65.9. The van der Waals surface area contributed by atoms with E-state index in [1.54, 1.807) is 13.8 Å². The summed E-state index contributed by atoms with van der Waals surface area (Å²) in [4.78, 5) is 289. The van der Waals surface area contributed by atoms with Crippen molar-refractivity contribution in [3.8, 4) is 0 Å². The van der Waals surface area contributed by atoms with Gasteiger partial charge in [-0.15, -0.1) is 0 Å². The van der Waals surface area contributed by atoms with Crippen molar-refractivity contribution in [2.75, 3.05) is 26.4 Å². The minimum absolute atomic E-state index is 0.162. The van der Waals surface area contributed by atoms with E-state index in [0.29, 0.717) is 0 Å². The molecule has 0 saturated carbocycles. The maximum atomic E-state index is 14.1. The van der Waals surface area contributed by atoms with Crippen molar-refractivity contribution in [3.63, 3.8) is 0 Å². The number of aliphatic hydroxyl groups is 5. The van der Waals surface area contributed by atoms with Gasteiger partial charge in [0.15, 0.2) is 5.96 Å². The summed E-state index contributed by atoms with van der Waals surface area (Å²) in [5.41, 5.74) is 32.5. The predicted octanol–water partition coefficient (Wildman–Crippen LogP) is -15.8. The van der Waals surface area contributed by atoms with Crippen LogP contribution in [0.2, 0.25) is 0 Å². The molecule has 0 aliphatic heterocycles. The molecule has 0 radical (unpaired) electrons. The number of hydrogen-bond acceptors (Lipinski definition) is 29. The molecule has 119 heavy (non-hydrogen) atoms. The minimum atomic E-state index is -2.13. The molecule has 0 aromatic heterocycles. The molecule has 0 heterocycles. The minimum Gasteiger partial charge on any atom is -0.481 e. The van der Waals surface area contributed by atoms with E-state index in [-0.39, 0.29) is 32.2 Å². The van der Waals surface area contributed by atoms with Gasteiger partial charge in [-0.2, -0.15) is 0 Å². The smallest absolute Gasteiger partial charge is 0.325 e. The average Bonchev–Trinajstić information content (AvgIpc) is 0.853. The van der Waals surface area contributed by atoms with Gasteiger partial charge in [0.25, 0.3) is 0 Å². The average molecular weight is 1710 g/mol. The molecule has 0 bridgehead atoms. The van der Waals surface area contributed by atoms with Gasteiger partial charge < -0.3 is 160 Å². The summed E-state index contributed by atoms with van der Waals surface area (Å²) in [6, 6.07) is -29.8. The van der Waals surface area contributed by atoms with E-state index in [2.05, 4.69) is 68.8 Å². The van der Waals surface area contributed by atoms with Crippen LogP contribution in [0.3, 0.4) is 0 Å². The molecule has 0 aromatic rings. The molecule has 0 fully saturated rings. The Kier molecular flexibility index (Phi) is 47.9. The molecule has 0 rings (SSSR count). The Hall–Kier alpha value is -12.6. The van der Waals surface area contributed by atoms with Crippen molar-refractivity contribution < 1.29 is 151 Å². The van der Waals surface area contributed by atoms with Gasteiger partial charge in [0, 0.05) is 32.2 Å². The van der Waals surface area contributed by atoms with Crippen molar-refractivity contribution in [2.24, 2.45) is 45.3 Å². The Bertz CT molecular complexity index is 3660. The third kappa shape index (κ3) is 41.7. The molecule has 0 aromatic carbocycles. The van der Waals surface area contributed by atoms with Gasteiger partial charge >= 0.3 is 23.9 Å². The second-order valence-electron chi connectivity index (χ2n) is 27.5. The number of hydrogen-bond donors (Lipinski definition) is 30. The first-order valence-corrected chi connectivity index (χ1v) is 36.6. The fourth-order valence-corrected chi connectivity index (χ4v) is 10.1.